The molecular weight excluding hydrogens is 502 g/mol. The molecule has 3 aliphatic rings. The van der Waals surface area contributed by atoms with E-state index >= 15 is 0 Å². The highest BCUT2D eigenvalue weighted by Gasteiger charge is 2.24. The number of nitrogens with one attached hydrogen (secondary N) is 1. The summed E-state index contributed by atoms with van der Waals surface area (Å²) < 4.78 is 14.8. The van der Waals surface area contributed by atoms with Crippen LogP contribution in [-0.2, 0) is 17.8 Å². The van der Waals surface area contributed by atoms with Gasteiger partial charge in [-0.1, -0.05) is 43.0 Å². The summed E-state index contributed by atoms with van der Waals surface area (Å²) in [4.78, 5) is 0. The third-order valence-corrected chi connectivity index (χ3v) is 8.08. The van der Waals surface area contributed by atoms with Gasteiger partial charge >= 0.3 is 0 Å². The zero-order chi connectivity index (χ0) is 27.6. The summed E-state index contributed by atoms with van der Waals surface area (Å²) in [5.74, 6) is 8.49. The van der Waals surface area contributed by atoms with E-state index in [-0.39, 0.29) is 23.9 Å². The lowest BCUT2D eigenvalue weighted by Crippen LogP contribution is -2.40. The molecular formula is C33H37N3O4. The summed E-state index contributed by atoms with van der Waals surface area (Å²) in [5, 5.41) is 27.0. The van der Waals surface area contributed by atoms with E-state index in [0.29, 0.717) is 38.2 Å². The topological polar surface area (TPSA) is 102 Å². The Kier molecular flexibility index (Phi) is 7.57. The van der Waals surface area contributed by atoms with Crippen molar-refractivity contribution >= 4 is 16.6 Å². The fourth-order valence-electron chi connectivity index (χ4n) is 5.81. The van der Waals surface area contributed by atoms with Crippen LogP contribution >= 0.6 is 0 Å². The minimum absolute atomic E-state index is 0.0844. The first-order chi connectivity index (χ1) is 19.4. The summed E-state index contributed by atoms with van der Waals surface area (Å²) in [6.45, 7) is 2.84. The molecule has 6 bridgehead atoms. The van der Waals surface area contributed by atoms with Crippen molar-refractivity contribution in [1.82, 2.24) is 9.88 Å². The number of benzene rings is 2. The number of aliphatic hydroxyl groups is 1. The second-order valence-electron chi connectivity index (χ2n) is 11.2. The molecule has 0 saturated heterocycles. The predicted octanol–water partition coefficient (Wildman–Crippen LogP) is 4.81. The quantitative estimate of drug-likeness (QED) is 0.306. The summed E-state index contributed by atoms with van der Waals surface area (Å²) >= 11 is 0. The number of aliphatic hydroxyl groups excluding tert-OH is 1. The van der Waals surface area contributed by atoms with E-state index in [1.807, 2.05) is 30.3 Å². The van der Waals surface area contributed by atoms with Crippen molar-refractivity contribution in [1.29, 1.82) is 0 Å². The Morgan fingerprint density at radius 1 is 1.10 bits per heavy atom. The monoisotopic (exact) mass is 539 g/mol. The third-order valence-electron chi connectivity index (χ3n) is 8.08. The minimum Gasteiger partial charge on any atom is -0.504 e. The van der Waals surface area contributed by atoms with Gasteiger partial charge in [0.15, 0.2) is 11.5 Å². The van der Waals surface area contributed by atoms with Gasteiger partial charge in [0.25, 0.3) is 0 Å². The molecule has 1 unspecified atom stereocenters. The molecule has 40 heavy (non-hydrogen) atoms. The number of aromatic nitrogens is 1. The summed E-state index contributed by atoms with van der Waals surface area (Å²) in [7, 11) is 0. The maximum Gasteiger partial charge on any atom is 0.161 e. The molecule has 5 N–H and O–H groups in total. The van der Waals surface area contributed by atoms with Gasteiger partial charge in [0.1, 0.15) is 12.4 Å². The molecule has 0 aliphatic carbocycles. The highest BCUT2D eigenvalue weighted by Crippen LogP contribution is 2.32. The fraction of sp³-hybridized carbons (Fsp3) is 0.394. The Morgan fingerprint density at radius 2 is 2.00 bits per heavy atom. The molecule has 208 valence electrons. The van der Waals surface area contributed by atoms with E-state index in [1.165, 1.54) is 0 Å². The number of aryl methyl sites for hydroxylation is 1. The van der Waals surface area contributed by atoms with Crippen LogP contribution in [-0.4, -0.2) is 39.8 Å². The lowest BCUT2D eigenvalue weighted by Gasteiger charge is -2.28. The number of phenolic OH excluding ortho intramolecular Hbond substituents is 1. The first kappa shape index (κ1) is 26.5. The number of nitrogens with two attached hydrogens (primary N) is 1. The number of ether oxygens (including phenoxy) is 2. The molecule has 3 aliphatic heterocycles. The highest BCUT2D eigenvalue weighted by atomic mass is 16.5. The number of dihydropyridines is 1. The molecule has 2 aromatic carbocycles. The normalized spacial score (nSPS) is 25.5. The van der Waals surface area contributed by atoms with Crippen LogP contribution in [0.1, 0.15) is 50.2 Å². The Labute approximate surface area is 235 Å². The van der Waals surface area contributed by atoms with Gasteiger partial charge in [-0.2, -0.15) is 0 Å². The number of nitrogens with zero attached hydrogens (tertiary/aromatic N) is 1. The van der Waals surface area contributed by atoms with Crippen molar-refractivity contribution in [2.75, 3.05) is 6.61 Å². The average molecular weight is 540 g/mol. The van der Waals surface area contributed by atoms with Crippen molar-refractivity contribution in [2.24, 2.45) is 11.7 Å². The van der Waals surface area contributed by atoms with Gasteiger partial charge in [0, 0.05) is 40.2 Å². The zero-order valence-corrected chi connectivity index (χ0v) is 22.9. The summed E-state index contributed by atoms with van der Waals surface area (Å²) in [6.07, 6.45) is 9.83. The number of fused-ring (bicyclic) bond motifs is 6. The number of rotatable bonds is 0. The smallest absolute Gasteiger partial charge is 0.161 e. The molecule has 7 heteroatoms. The van der Waals surface area contributed by atoms with Gasteiger partial charge in [-0.3, -0.25) is 0 Å². The second-order valence-corrected chi connectivity index (χ2v) is 11.2. The molecule has 6 rings (SSSR count). The molecule has 1 aromatic heterocycles. The molecule has 0 amide bonds. The standard InChI is InChI=1S/C33H37N3O4/c1-21-4-2-7-27-16-26(37)12-9-22-10-13-30(38)31(14-22)40-19-25-6-3-5-24-17-36(18-28(24)25)33-29(20-39-27)23(11-8-21)15-32(34)35-33/h3,5-6,10,13-15,17-18,21,26-27,32,35,37-38H,2,4,7,9,12,16,19-20,34H2,1H3/t21-,26-,27+,32?/m1/s1. The van der Waals surface area contributed by atoms with E-state index in [2.05, 4.69) is 47.1 Å². The number of hydrogen-bond donors (Lipinski definition) is 4. The lowest BCUT2D eigenvalue weighted by atomic mass is 9.97. The Morgan fingerprint density at radius 3 is 2.90 bits per heavy atom. The van der Waals surface area contributed by atoms with Crippen LogP contribution in [0.4, 0.5) is 0 Å². The molecule has 0 saturated carbocycles. The third kappa shape index (κ3) is 5.75. The Bertz CT molecular complexity index is 1530. The van der Waals surface area contributed by atoms with Gasteiger partial charge < -0.3 is 35.3 Å². The van der Waals surface area contributed by atoms with E-state index in [9.17, 15) is 10.2 Å². The first-order valence-corrected chi connectivity index (χ1v) is 14.3. The highest BCUT2D eigenvalue weighted by molar-refractivity contribution is 5.87. The molecule has 3 aromatic rings. The Hall–Kier alpha value is -3.70. The molecule has 0 fully saturated rings. The molecule has 0 radical (unpaired) electrons. The van der Waals surface area contributed by atoms with Gasteiger partial charge in [-0.05, 0) is 67.9 Å². The Balaban J connectivity index is 1.47. The van der Waals surface area contributed by atoms with Crippen molar-refractivity contribution in [3.05, 3.63) is 77.1 Å². The lowest BCUT2D eigenvalue weighted by molar-refractivity contribution is 0.0168. The maximum absolute atomic E-state index is 11.0. The maximum atomic E-state index is 11.0. The van der Waals surface area contributed by atoms with E-state index in [4.69, 9.17) is 15.2 Å². The van der Waals surface area contributed by atoms with Crippen molar-refractivity contribution in [3.63, 3.8) is 0 Å². The summed E-state index contributed by atoms with van der Waals surface area (Å²) in [5.41, 5.74) is 10.3. The zero-order valence-electron chi connectivity index (χ0n) is 22.9. The second kappa shape index (κ2) is 11.4. The number of aromatic hydroxyl groups is 1. The van der Waals surface area contributed by atoms with Gasteiger partial charge in [-0.15, -0.1) is 0 Å². The average Bonchev–Trinajstić information content (AvgIpc) is 3.37. The van der Waals surface area contributed by atoms with Gasteiger partial charge in [-0.25, -0.2) is 0 Å². The minimum atomic E-state index is -0.508. The van der Waals surface area contributed by atoms with E-state index in [0.717, 1.165) is 58.1 Å². The van der Waals surface area contributed by atoms with Crippen LogP contribution in [0.3, 0.4) is 0 Å². The molecule has 4 heterocycles. The van der Waals surface area contributed by atoms with E-state index < -0.39 is 6.10 Å². The fourth-order valence-corrected chi connectivity index (χ4v) is 5.81. The van der Waals surface area contributed by atoms with Crippen LogP contribution in [0.15, 0.2) is 66.0 Å². The van der Waals surface area contributed by atoms with Gasteiger partial charge in [0.05, 0.1) is 25.0 Å². The number of hydrogen-bond acceptors (Lipinski definition) is 6. The van der Waals surface area contributed by atoms with Crippen LogP contribution in [0, 0.1) is 17.8 Å². The molecule has 4 atom stereocenters. The van der Waals surface area contributed by atoms with Crippen LogP contribution in [0.25, 0.3) is 16.6 Å². The molecule has 7 nitrogen and oxygen atoms in total. The SMILES string of the molecule is C[C@H]1C#CC2=CC(N)NC3=C2CO[C@@H](CCC1)C[C@H](O)CCc1ccc(O)c(c1)OCc1cccc2cn3cc12. The summed E-state index contributed by atoms with van der Waals surface area (Å²) in [6, 6.07) is 11.6. The van der Waals surface area contributed by atoms with Crippen LogP contribution in [0.2, 0.25) is 0 Å². The van der Waals surface area contributed by atoms with Crippen molar-refractivity contribution < 1.29 is 19.7 Å². The van der Waals surface area contributed by atoms with Crippen LogP contribution in [0.5, 0.6) is 11.5 Å². The van der Waals surface area contributed by atoms with Gasteiger partial charge in [0.2, 0.25) is 0 Å². The van der Waals surface area contributed by atoms with Crippen molar-refractivity contribution in [2.45, 2.75) is 70.4 Å². The van der Waals surface area contributed by atoms with Crippen LogP contribution < -0.4 is 15.8 Å². The largest absolute Gasteiger partial charge is 0.504 e. The first-order valence-electron chi connectivity index (χ1n) is 14.3. The predicted molar refractivity (Wildman–Crippen MR) is 156 cm³/mol. The molecule has 0 spiro atoms. The van der Waals surface area contributed by atoms with Crippen molar-refractivity contribution in [3.8, 4) is 23.3 Å². The number of phenols is 1. The van der Waals surface area contributed by atoms with E-state index in [1.54, 1.807) is 6.07 Å².